The Hall–Kier alpha value is -1.38. The van der Waals surface area contributed by atoms with Crippen molar-refractivity contribution in [3.05, 3.63) is 17.9 Å². The molecule has 1 heterocycles. The third kappa shape index (κ3) is 3.05. The molecule has 0 saturated heterocycles. The maximum atomic E-state index is 11.5. The lowest BCUT2D eigenvalue weighted by Gasteiger charge is -2.02. The molecule has 1 aromatic rings. The number of carbonyl (C=O) groups is 1. The molecular weight excluding hydrogens is 236 g/mol. The van der Waals surface area contributed by atoms with Gasteiger partial charge in [-0.15, -0.1) is 0 Å². The minimum atomic E-state index is -3.78. The van der Waals surface area contributed by atoms with Gasteiger partial charge in [0.1, 0.15) is 0 Å². The molecule has 7 nitrogen and oxygen atoms in total. The quantitative estimate of drug-likeness (QED) is 0.589. The molecule has 0 fully saturated rings. The van der Waals surface area contributed by atoms with E-state index in [2.05, 4.69) is 9.14 Å². The predicted molar refractivity (Wildman–Crippen MR) is 54.5 cm³/mol. The van der Waals surface area contributed by atoms with Gasteiger partial charge in [0.05, 0.1) is 0 Å². The van der Waals surface area contributed by atoms with Gasteiger partial charge in [-0.1, -0.05) is 0 Å². The number of nitrogens with one attached hydrogen (secondary N) is 1. The van der Waals surface area contributed by atoms with Gasteiger partial charge in [-0.3, -0.25) is 0 Å². The SMILES string of the molecule is NCCCNS(=O)(=O)c1ccc(C(=O)O)o1. The van der Waals surface area contributed by atoms with Crippen LogP contribution < -0.4 is 10.5 Å². The molecule has 90 valence electrons. The molecule has 0 unspecified atom stereocenters. The van der Waals surface area contributed by atoms with Gasteiger partial charge in [-0.2, -0.15) is 0 Å². The lowest BCUT2D eigenvalue weighted by Crippen LogP contribution is -2.25. The van der Waals surface area contributed by atoms with Gasteiger partial charge in [-0.05, 0) is 25.1 Å². The topological polar surface area (TPSA) is 123 Å². The summed E-state index contributed by atoms with van der Waals surface area (Å²) in [4.78, 5) is 10.5. The third-order valence-electron chi connectivity index (χ3n) is 1.73. The largest absolute Gasteiger partial charge is 0.475 e. The van der Waals surface area contributed by atoms with Crippen LogP contribution in [0.25, 0.3) is 0 Å². The van der Waals surface area contributed by atoms with Crippen LogP contribution in [0.2, 0.25) is 0 Å². The first kappa shape index (κ1) is 12.7. The molecule has 0 radical (unpaired) electrons. The van der Waals surface area contributed by atoms with Crippen molar-refractivity contribution in [1.82, 2.24) is 4.72 Å². The lowest BCUT2D eigenvalue weighted by molar-refractivity contribution is 0.0656. The molecule has 4 N–H and O–H groups in total. The zero-order valence-electron chi connectivity index (χ0n) is 8.34. The van der Waals surface area contributed by atoms with E-state index in [1.807, 2.05) is 0 Å². The van der Waals surface area contributed by atoms with Gasteiger partial charge in [0.15, 0.2) is 0 Å². The van der Waals surface area contributed by atoms with Gasteiger partial charge < -0.3 is 15.3 Å². The van der Waals surface area contributed by atoms with Crippen molar-refractivity contribution in [3.63, 3.8) is 0 Å². The molecule has 0 aliphatic rings. The Morgan fingerprint density at radius 2 is 2.19 bits per heavy atom. The molecule has 0 saturated carbocycles. The fourth-order valence-corrected chi connectivity index (χ4v) is 1.96. The highest BCUT2D eigenvalue weighted by molar-refractivity contribution is 7.89. The molecule has 16 heavy (non-hydrogen) atoms. The van der Waals surface area contributed by atoms with Crippen LogP contribution in [-0.4, -0.2) is 32.6 Å². The average molecular weight is 248 g/mol. The van der Waals surface area contributed by atoms with E-state index in [-0.39, 0.29) is 6.54 Å². The van der Waals surface area contributed by atoms with Crippen LogP contribution in [0.5, 0.6) is 0 Å². The highest BCUT2D eigenvalue weighted by atomic mass is 32.2. The van der Waals surface area contributed by atoms with Gasteiger partial charge in [0.2, 0.25) is 10.9 Å². The van der Waals surface area contributed by atoms with E-state index >= 15 is 0 Å². The second kappa shape index (κ2) is 5.10. The van der Waals surface area contributed by atoms with Crippen LogP contribution in [0.1, 0.15) is 17.0 Å². The Labute approximate surface area is 92.3 Å². The maximum absolute atomic E-state index is 11.5. The number of carboxylic acid groups (broad SMARTS) is 1. The second-order valence-electron chi connectivity index (χ2n) is 2.96. The number of nitrogens with two attached hydrogens (primary N) is 1. The second-order valence-corrected chi connectivity index (χ2v) is 4.66. The number of carboxylic acids is 1. The van der Waals surface area contributed by atoms with Gasteiger partial charge in [-0.25, -0.2) is 17.9 Å². The maximum Gasteiger partial charge on any atom is 0.371 e. The van der Waals surface area contributed by atoms with Crippen LogP contribution in [0.3, 0.4) is 0 Å². The molecule has 0 aliphatic heterocycles. The monoisotopic (exact) mass is 248 g/mol. The van der Waals surface area contributed by atoms with Crippen molar-refractivity contribution in [2.24, 2.45) is 5.73 Å². The molecule has 0 spiro atoms. The van der Waals surface area contributed by atoms with Crippen molar-refractivity contribution in [1.29, 1.82) is 0 Å². The van der Waals surface area contributed by atoms with Crippen LogP contribution in [0, 0.1) is 0 Å². The molecule has 0 atom stereocenters. The number of rotatable bonds is 6. The van der Waals surface area contributed by atoms with Crippen molar-refractivity contribution in [2.75, 3.05) is 13.1 Å². The normalized spacial score (nSPS) is 11.6. The molecule has 1 aromatic heterocycles. The van der Waals surface area contributed by atoms with Crippen molar-refractivity contribution in [3.8, 4) is 0 Å². The molecule has 8 heteroatoms. The molecule has 0 aliphatic carbocycles. The summed E-state index contributed by atoms with van der Waals surface area (Å²) in [6, 6.07) is 2.17. The summed E-state index contributed by atoms with van der Waals surface area (Å²) in [5, 5.41) is 8.14. The summed E-state index contributed by atoms with van der Waals surface area (Å²) < 4.78 is 29.9. The van der Waals surface area contributed by atoms with Crippen molar-refractivity contribution < 1.29 is 22.7 Å². The number of aromatic carboxylic acids is 1. The Kier molecular flexibility index (Phi) is 4.05. The standard InChI is InChI=1S/C8H12N2O5S/c9-4-1-5-10-16(13,14)7-3-2-6(15-7)8(11)12/h2-3,10H,1,4-5,9H2,(H,11,12). The predicted octanol–water partition coefficient (Wildman–Crippen LogP) is -0.395. The Morgan fingerprint density at radius 3 is 2.69 bits per heavy atom. The summed E-state index contributed by atoms with van der Waals surface area (Å²) >= 11 is 0. The van der Waals surface area contributed by atoms with E-state index in [1.54, 1.807) is 0 Å². The lowest BCUT2D eigenvalue weighted by atomic mass is 10.4. The molecule has 0 bridgehead atoms. The number of hydrogen-bond donors (Lipinski definition) is 3. The molecule has 1 rings (SSSR count). The Balaban J connectivity index is 2.78. The number of sulfonamides is 1. The van der Waals surface area contributed by atoms with E-state index < -0.39 is 26.8 Å². The van der Waals surface area contributed by atoms with E-state index in [4.69, 9.17) is 10.8 Å². The summed E-state index contributed by atoms with van der Waals surface area (Å²) in [6.07, 6.45) is 0.492. The van der Waals surface area contributed by atoms with E-state index in [1.165, 1.54) is 0 Å². The summed E-state index contributed by atoms with van der Waals surface area (Å²) in [5.41, 5.74) is 5.20. The van der Waals surface area contributed by atoms with E-state index in [0.29, 0.717) is 13.0 Å². The average Bonchev–Trinajstić information content (AvgIpc) is 2.67. The Bertz CT molecular complexity index is 465. The first-order valence-corrected chi connectivity index (χ1v) is 5.98. The minimum absolute atomic E-state index is 0.182. The third-order valence-corrected chi connectivity index (χ3v) is 3.06. The van der Waals surface area contributed by atoms with Gasteiger partial charge in [0, 0.05) is 6.54 Å². The zero-order valence-corrected chi connectivity index (χ0v) is 9.16. The van der Waals surface area contributed by atoms with Gasteiger partial charge >= 0.3 is 5.97 Å². The number of hydrogen-bond acceptors (Lipinski definition) is 5. The minimum Gasteiger partial charge on any atom is -0.475 e. The van der Waals surface area contributed by atoms with E-state index in [0.717, 1.165) is 12.1 Å². The smallest absolute Gasteiger partial charge is 0.371 e. The molecule has 0 amide bonds. The zero-order chi connectivity index (χ0) is 12.2. The number of furan rings is 1. The Morgan fingerprint density at radius 1 is 1.50 bits per heavy atom. The molecule has 0 aromatic carbocycles. The highest BCUT2D eigenvalue weighted by Crippen LogP contribution is 2.13. The fourth-order valence-electron chi connectivity index (χ4n) is 0.959. The van der Waals surface area contributed by atoms with Crippen molar-refractivity contribution in [2.45, 2.75) is 11.5 Å². The van der Waals surface area contributed by atoms with Crippen LogP contribution in [0.15, 0.2) is 21.6 Å². The molecular formula is C8H12N2O5S. The first-order valence-electron chi connectivity index (χ1n) is 4.50. The first-order chi connectivity index (χ1) is 7.47. The fraction of sp³-hybridized carbons (Fsp3) is 0.375. The van der Waals surface area contributed by atoms with Gasteiger partial charge in [0.25, 0.3) is 10.0 Å². The summed E-state index contributed by atoms with van der Waals surface area (Å²) in [6.45, 7) is 0.545. The summed E-state index contributed by atoms with van der Waals surface area (Å²) in [5.74, 6) is -1.73. The highest BCUT2D eigenvalue weighted by Gasteiger charge is 2.20. The van der Waals surface area contributed by atoms with Crippen LogP contribution in [-0.2, 0) is 10.0 Å². The van der Waals surface area contributed by atoms with Crippen LogP contribution in [0.4, 0.5) is 0 Å². The summed E-state index contributed by atoms with van der Waals surface area (Å²) in [7, 11) is -3.78. The van der Waals surface area contributed by atoms with Crippen molar-refractivity contribution >= 4 is 16.0 Å². The van der Waals surface area contributed by atoms with E-state index in [9.17, 15) is 13.2 Å². The van der Waals surface area contributed by atoms with Crippen LogP contribution >= 0.6 is 0 Å².